The Morgan fingerprint density at radius 2 is 1.61 bits per heavy atom. The molecule has 2 heteroatoms. The average molecular weight is 366 g/mol. The van der Waals surface area contributed by atoms with Gasteiger partial charge in [0.2, 0.25) is 0 Å². The maximum atomic E-state index is 3.71. The zero-order chi connectivity index (χ0) is 12.8. The molecular weight excluding hydrogens is 352 g/mol. The Hall–Kier alpha value is -0.860. The molecule has 0 bridgehead atoms. The van der Waals surface area contributed by atoms with Crippen LogP contribution in [0.15, 0.2) is 65.1 Å². The van der Waals surface area contributed by atoms with E-state index in [0.29, 0.717) is 4.83 Å². The second-order valence-electron chi connectivity index (χ2n) is 4.07. The maximum absolute atomic E-state index is 3.71. The molecule has 0 fully saturated rings. The van der Waals surface area contributed by atoms with Crippen LogP contribution in [0.3, 0.4) is 0 Å². The molecule has 0 aliphatic carbocycles. The third-order valence-corrected chi connectivity index (χ3v) is 4.12. The highest BCUT2D eigenvalue weighted by molar-refractivity contribution is 9.10. The molecule has 0 radical (unpaired) electrons. The number of hydrogen-bond acceptors (Lipinski definition) is 0. The van der Waals surface area contributed by atoms with E-state index in [2.05, 4.69) is 92.5 Å². The lowest BCUT2D eigenvalue weighted by Crippen LogP contribution is -1.86. The molecule has 0 aliphatic heterocycles. The molecule has 1 atom stereocenters. The van der Waals surface area contributed by atoms with Gasteiger partial charge < -0.3 is 0 Å². The zero-order valence-corrected chi connectivity index (χ0v) is 13.1. The van der Waals surface area contributed by atoms with Gasteiger partial charge in [-0.25, -0.2) is 0 Å². The van der Waals surface area contributed by atoms with E-state index in [0.717, 1.165) is 10.9 Å². The molecule has 0 spiro atoms. The molecule has 0 amide bonds. The summed E-state index contributed by atoms with van der Waals surface area (Å²) in [6.07, 6.45) is 5.35. The fourth-order valence-corrected chi connectivity index (χ4v) is 2.48. The van der Waals surface area contributed by atoms with Crippen molar-refractivity contribution in [2.45, 2.75) is 11.2 Å². The van der Waals surface area contributed by atoms with Gasteiger partial charge in [0.15, 0.2) is 0 Å². The predicted octanol–water partition coefficient (Wildman–Crippen LogP) is 5.99. The number of halogens is 2. The lowest BCUT2D eigenvalue weighted by atomic mass is 10.1. The number of hydrogen-bond donors (Lipinski definition) is 0. The molecule has 0 saturated carbocycles. The van der Waals surface area contributed by atoms with Gasteiger partial charge in [0.1, 0.15) is 0 Å². The molecule has 0 nitrogen and oxygen atoms in total. The van der Waals surface area contributed by atoms with Crippen molar-refractivity contribution in [2.24, 2.45) is 0 Å². The molecule has 0 heterocycles. The van der Waals surface area contributed by atoms with Crippen LogP contribution in [0.1, 0.15) is 22.4 Å². The maximum Gasteiger partial charge on any atom is 0.0429 e. The second-order valence-corrected chi connectivity index (χ2v) is 6.09. The first-order valence-electron chi connectivity index (χ1n) is 5.87. The SMILES string of the molecule is Brc1ccc(/C=C/CC(Br)c2ccccc2)cc1. The summed E-state index contributed by atoms with van der Waals surface area (Å²) < 4.78 is 1.11. The van der Waals surface area contributed by atoms with Crippen molar-refractivity contribution in [3.8, 4) is 0 Å². The van der Waals surface area contributed by atoms with E-state index in [-0.39, 0.29) is 0 Å². The first-order chi connectivity index (χ1) is 8.75. The molecule has 0 aliphatic rings. The molecule has 18 heavy (non-hydrogen) atoms. The monoisotopic (exact) mass is 364 g/mol. The summed E-state index contributed by atoms with van der Waals surface area (Å²) >= 11 is 7.15. The van der Waals surface area contributed by atoms with Crippen molar-refractivity contribution < 1.29 is 0 Å². The number of allylic oxidation sites excluding steroid dienone is 1. The van der Waals surface area contributed by atoms with Gasteiger partial charge in [0, 0.05) is 9.30 Å². The van der Waals surface area contributed by atoms with Crippen LogP contribution >= 0.6 is 31.9 Å². The highest BCUT2D eigenvalue weighted by atomic mass is 79.9. The molecular formula is C16H14Br2. The highest BCUT2D eigenvalue weighted by Gasteiger charge is 2.03. The Balaban J connectivity index is 1.93. The zero-order valence-electron chi connectivity index (χ0n) is 9.89. The van der Waals surface area contributed by atoms with Gasteiger partial charge in [-0.2, -0.15) is 0 Å². The first kappa shape index (κ1) is 13.6. The molecule has 2 rings (SSSR count). The fourth-order valence-electron chi connectivity index (χ4n) is 1.70. The van der Waals surface area contributed by atoms with Gasteiger partial charge in [-0.3, -0.25) is 0 Å². The summed E-state index contributed by atoms with van der Waals surface area (Å²) in [6, 6.07) is 18.8. The Kier molecular flexibility index (Phi) is 5.21. The molecule has 2 aromatic rings. The van der Waals surface area contributed by atoms with Gasteiger partial charge in [-0.15, -0.1) is 0 Å². The van der Waals surface area contributed by atoms with E-state index < -0.39 is 0 Å². The standard InChI is InChI=1S/C16H14Br2/c17-15-11-9-13(10-12-15)5-4-8-16(18)14-6-2-1-3-7-14/h1-7,9-12,16H,8H2/b5-4+. The van der Waals surface area contributed by atoms with Crippen molar-refractivity contribution >= 4 is 37.9 Å². The summed E-state index contributed by atoms with van der Waals surface area (Å²) in [5, 5.41) is 0. The van der Waals surface area contributed by atoms with E-state index in [9.17, 15) is 0 Å². The summed E-state index contributed by atoms with van der Waals surface area (Å²) in [7, 11) is 0. The quantitative estimate of drug-likeness (QED) is 0.584. The lowest BCUT2D eigenvalue weighted by Gasteiger charge is -2.06. The number of rotatable bonds is 4. The van der Waals surface area contributed by atoms with E-state index in [1.165, 1.54) is 11.1 Å². The van der Waals surface area contributed by atoms with Crippen LogP contribution in [0.5, 0.6) is 0 Å². The molecule has 0 saturated heterocycles. The van der Waals surface area contributed by atoms with Gasteiger partial charge in [-0.05, 0) is 29.7 Å². The van der Waals surface area contributed by atoms with Crippen LogP contribution in [0, 0.1) is 0 Å². The van der Waals surface area contributed by atoms with Crippen LogP contribution in [0.2, 0.25) is 0 Å². The minimum absolute atomic E-state index is 0.380. The van der Waals surface area contributed by atoms with Crippen LogP contribution in [-0.4, -0.2) is 0 Å². The Morgan fingerprint density at radius 3 is 2.28 bits per heavy atom. The summed E-state index contributed by atoms with van der Waals surface area (Å²) in [5.41, 5.74) is 2.55. The van der Waals surface area contributed by atoms with Gasteiger partial charge in [0.05, 0.1) is 0 Å². The van der Waals surface area contributed by atoms with Gasteiger partial charge in [0.25, 0.3) is 0 Å². The lowest BCUT2D eigenvalue weighted by molar-refractivity contribution is 0.993. The second kappa shape index (κ2) is 6.91. The summed E-state index contributed by atoms with van der Waals surface area (Å²) in [5.74, 6) is 0. The topological polar surface area (TPSA) is 0 Å². The minimum Gasteiger partial charge on any atom is -0.0835 e. The molecule has 0 aromatic heterocycles. The molecule has 92 valence electrons. The summed E-state index contributed by atoms with van der Waals surface area (Å²) in [4.78, 5) is 0.380. The first-order valence-corrected chi connectivity index (χ1v) is 7.58. The smallest absolute Gasteiger partial charge is 0.0429 e. The molecule has 1 unspecified atom stereocenters. The molecule has 0 N–H and O–H groups in total. The van der Waals surface area contributed by atoms with E-state index >= 15 is 0 Å². The normalized spacial score (nSPS) is 12.8. The van der Waals surface area contributed by atoms with Gasteiger partial charge in [-0.1, -0.05) is 86.5 Å². The highest BCUT2D eigenvalue weighted by Crippen LogP contribution is 2.26. The third-order valence-electron chi connectivity index (χ3n) is 2.68. The van der Waals surface area contributed by atoms with E-state index in [4.69, 9.17) is 0 Å². The minimum atomic E-state index is 0.380. The van der Waals surface area contributed by atoms with Crippen molar-refractivity contribution in [1.29, 1.82) is 0 Å². The van der Waals surface area contributed by atoms with E-state index in [1.807, 2.05) is 6.07 Å². The number of alkyl halides is 1. The third kappa shape index (κ3) is 4.11. The van der Waals surface area contributed by atoms with Crippen molar-refractivity contribution in [1.82, 2.24) is 0 Å². The van der Waals surface area contributed by atoms with Crippen molar-refractivity contribution in [3.05, 3.63) is 76.3 Å². The largest absolute Gasteiger partial charge is 0.0835 e. The Bertz CT molecular complexity index is 500. The van der Waals surface area contributed by atoms with Crippen molar-refractivity contribution in [2.75, 3.05) is 0 Å². The average Bonchev–Trinajstić information content (AvgIpc) is 2.42. The van der Waals surface area contributed by atoms with Crippen LogP contribution in [0.4, 0.5) is 0 Å². The van der Waals surface area contributed by atoms with Gasteiger partial charge >= 0.3 is 0 Å². The van der Waals surface area contributed by atoms with Crippen LogP contribution in [0.25, 0.3) is 6.08 Å². The molecule has 2 aromatic carbocycles. The Labute approximate surface area is 125 Å². The predicted molar refractivity (Wildman–Crippen MR) is 85.9 cm³/mol. The fraction of sp³-hybridized carbons (Fsp3) is 0.125. The number of benzene rings is 2. The van der Waals surface area contributed by atoms with E-state index in [1.54, 1.807) is 0 Å². The van der Waals surface area contributed by atoms with Crippen molar-refractivity contribution in [3.63, 3.8) is 0 Å². The Morgan fingerprint density at radius 1 is 0.944 bits per heavy atom. The van der Waals surface area contributed by atoms with Crippen LogP contribution < -0.4 is 0 Å². The van der Waals surface area contributed by atoms with Crippen LogP contribution in [-0.2, 0) is 0 Å². The summed E-state index contributed by atoms with van der Waals surface area (Å²) in [6.45, 7) is 0.